The van der Waals surface area contributed by atoms with Crippen molar-refractivity contribution in [3.63, 3.8) is 0 Å². The lowest BCUT2D eigenvalue weighted by Crippen LogP contribution is -2.22. The van der Waals surface area contributed by atoms with Gasteiger partial charge in [-0.3, -0.25) is 14.8 Å². The Morgan fingerprint density at radius 3 is 3.09 bits per heavy atom. The van der Waals surface area contributed by atoms with E-state index in [1.165, 1.54) is 6.07 Å². The van der Waals surface area contributed by atoms with Gasteiger partial charge in [0.1, 0.15) is 5.82 Å². The average molecular weight is 302 g/mol. The van der Waals surface area contributed by atoms with Crippen LogP contribution in [0.2, 0.25) is 0 Å². The van der Waals surface area contributed by atoms with Gasteiger partial charge >= 0.3 is 0 Å². The second-order valence-electron chi connectivity index (χ2n) is 5.59. The van der Waals surface area contributed by atoms with Gasteiger partial charge in [0.2, 0.25) is 0 Å². The first-order valence-corrected chi connectivity index (χ1v) is 7.40. The highest BCUT2D eigenvalue weighted by Gasteiger charge is 2.28. The van der Waals surface area contributed by atoms with E-state index in [2.05, 4.69) is 20.4 Å². The molecule has 5 nitrogen and oxygen atoms in total. The SMILES string of the molecule is CNC(=O)c1cn[nH]c1[C@H]1CCN(Cc2ccccc2F)C1. The van der Waals surface area contributed by atoms with Crippen molar-refractivity contribution < 1.29 is 9.18 Å². The lowest BCUT2D eigenvalue weighted by molar-refractivity contribution is 0.0961. The van der Waals surface area contributed by atoms with E-state index in [4.69, 9.17) is 0 Å². The van der Waals surface area contributed by atoms with Crippen molar-refractivity contribution in [3.8, 4) is 0 Å². The van der Waals surface area contributed by atoms with Crippen LogP contribution in [-0.2, 0) is 6.54 Å². The van der Waals surface area contributed by atoms with Crippen molar-refractivity contribution in [2.45, 2.75) is 18.9 Å². The number of aromatic nitrogens is 2. The molecule has 2 heterocycles. The van der Waals surface area contributed by atoms with Gasteiger partial charge < -0.3 is 5.32 Å². The topological polar surface area (TPSA) is 61.0 Å². The summed E-state index contributed by atoms with van der Waals surface area (Å²) in [5, 5.41) is 9.57. The van der Waals surface area contributed by atoms with E-state index in [-0.39, 0.29) is 17.6 Å². The summed E-state index contributed by atoms with van der Waals surface area (Å²) in [4.78, 5) is 14.0. The fourth-order valence-corrected chi connectivity index (χ4v) is 3.00. The summed E-state index contributed by atoms with van der Waals surface area (Å²) in [6.07, 6.45) is 2.49. The molecule has 1 amide bonds. The molecule has 0 bridgehead atoms. The average Bonchev–Trinajstić information content (AvgIpc) is 3.17. The maximum atomic E-state index is 13.7. The van der Waals surface area contributed by atoms with Gasteiger partial charge in [-0.15, -0.1) is 0 Å². The third kappa shape index (κ3) is 2.87. The van der Waals surface area contributed by atoms with Gasteiger partial charge in [-0.1, -0.05) is 18.2 Å². The molecule has 2 aromatic rings. The third-order valence-electron chi connectivity index (χ3n) is 4.17. The molecule has 3 rings (SSSR count). The predicted molar refractivity (Wildman–Crippen MR) is 81.0 cm³/mol. The number of likely N-dealkylation sites (tertiary alicyclic amines) is 1. The van der Waals surface area contributed by atoms with Crippen molar-refractivity contribution in [3.05, 3.63) is 53.1 Å². The summed E-state index contributed by atoms with van der Waals surface area (Å²) in [7, 11) is 1.61. The van der Waals surface area contributed by atoms with Crippen molar-refractivity contribution in [2.24, 2.45) is 0 Å². The van der Waals surface area contributed by atoms with Crippen LogP contribution in [0.5, 0.6) is 0 Å². The Morgan fingerprint density at radius 2 is 2.32 bits per heavy atom. The minimum Gasteiger partial charge on any atom is -0.355 e. The zero-order valence-corrected chi connectivity index (χ0v) is 12.5. The predicted octanol–water partition coefficient (Wildman–Crippen LogP) is 1.90. The number of amides is 1. The Kier molecular flexibility index (Phi) is 4.20. The fraction of sp³-hybridized carbons (Fsp3) is 0.375. The molecule has 0 radical (unpaired) electrons. The van der Waals surface area contributed by atoms with E-state index in [0.717, 1.165) is 25.2 Å². The highest BCUT2D eigenvalue weighted by Crippen LogP contribution is 2.29. The van der Waals surface area contributed by atoms with Crippen LogP contribution in [0.15, 0.2) is 30.5 Å². The molecule has 6 heteroatoms. The van der Waals surface area contributed by atoms with E-state index in [1.807, 2.05) is 12.1 Å². The third-order valence-corrected chi connectivity index (χ3v) is 4.17. The highest BCUT2D eigenvalue weighted by atomic mass is 19.1. The van der Waals surface area contributed by atoms with Gasteiger partial charge in [-0.25, -0.2) is 4.39 Å². The molecule has 1 fully saturated rings. The van der Waals surface area contributed by atoms with Crippen LogP contribution in [0.1, 0.15) is 34.0 Å². The monoisotopic (exact) mass is 302 g/mol. The minimum atomic E-state index is -0.168. The smallest absolute Gasteiger partial charge is 0.254 e. The van der Waals surface area contributed by atoms with Crippen LogP contribution in [-0.4, -0.2) is 41.1 Å². The second-order valence-corrected chi connectivity index (χ2v) is 5.59. The van der Waals surface area contributed by atoms with Crippen LogP contribution >= 0.6 is 0 Å². The molecule has 1 saturated heterocycles. The zero-order chi connectivity index (χ0) is 15.5. The van der Waals surface area contributed by atoms with Crippen molar-refractivity contribution in [2.75, 3.05) is 20.1 Å². The summed E-state index contributed by atoms with van der Waals surface area (Å²) < 4.78 is 13.7. The Balaban J connectivity index is 1.69. The lowest BCUT2D eigenvalue weighted by Gasteiger charge is -2.16. The van der Waals surface area contributed by atoms with Gasteiger partial charge in [-0.2, -0.15) is 5.10 Å². The fourth-order valence-electron chi connectivity index (χ4n) is 3.00. The Bertz CT molecular complexity index is 670. The molecule has 0 spiro atoms. The number of hydrogen-bond acceptors (Lipinski definition) is 3. The Labute approximate surface area is 128 Å². The van der Waals surface area contributed by atoms with Crippen LogP contribution in [0.3, 0.4) is 0 Å². The quantitative estimate of drug-likeness (QED) is 0.907. The standard InChI is InChI=1S/C16H19FN4O/c1-18-16(22)13-8-19-20-15(13)12-6-7-21(10-12)9-11-4-2-3-5-14(11)17/h2-5,8,12H,6-7,9-10H2,1H3,(H,18,22)(H,19,20)/t12-/m0/s1. The summed E-state index contributed by atoms with van der Waals surface area (Å²) >= 11 is 0. The molecule has 1 aliphatic heterocycles. The van der Waals surface area contributed by atoms with Crippen molar-refractivity contribution in [1.29, 1.82) is 0 Å². The molecule has 1 atom stereocenters. The first-order valence-electron chi connectivity index (χ1n) is 7.40. The maximum absolute atomic E-state index is 13.7. The number of benzene rings is 1. The van der Waals surface area contributed by atoms with Crippen LogP contribution < -0.4 is 5.32 Å². The largest absolute Gasteiger partial charge is 0.355 e. The van der Waals surface area contributed by atoms with Crippen molar-refractivity contribution >= 4 is 5.91 Å². The molecule has 2 N–H and O–H groups in total. The van der Waals surface area contributed by atoms with Crippen LogP contribution in [0.4, 0.5) is 4.39 Å². The maximum Gasteiger partial charge on any atom is 0.254 e. The summed E-state index contributed by atoms with van der Waals surface area (Å²) in [5.41, 5.74) is 2.18. The minimum absolute atomic E-state index is 0.128. The number of nitrogens with one attached hydrogen (secondary N) is 2. The first-order chi connectivity index (χ1) is 10.7. The van der Waals surface area contributed by atoms with E-state index < -0.39 is 0 Å². The molecule has 22 heavy (non-hydrogen) atoms. The van der Waals surface area contributed by atoms with Crippen LogP contribution in [0.25, 0.3) is 0 Å². The number of carbonyl (C=O) groups excluding carboxylic acids is 1. The summed E-state index contributed by atoms with van der Waals surface area (Å²) in [6.45, 7) is 2.26. The molecule has 1 aliphatic rings. The second kappa shape index (κ2) is 6.27. The number of aromatic amines is 1. The molecular weight excluding hydrogens is 283 g/mol. The zero-order valence-electron chi connectivity index (χ0n) is 12.5. The van der Waals surface area contributed by atoms with Crippen molar-refractivity contribution in [1.82, 2.24) is 20.4 Å². The highest BCUT2D eigenvalue weighted by molar-refractivity contribution is 5.95. The first kappa shape index (κ1) is 14.7. The Hall–Kier alpha value is -2.21. The number of hydrogen-bond donors (Lipinski definition) is 2. The number of nitrogens with zero attached hydrogens (tertiary/aromatic N) is 2. The van der Waals surface area contributed by atoms with E-state index in [1.54, 1.807) is 19.3 Å². The molecule has 0 unspecified atom stereocenters. The molecular formula is C16H19FN4O. The van der Waals surface area contributed by atoms with E-state index >= 15 is 0 Å². The number of rotatable bonds is 4. The van der Waals surface area contributed by atoms with Gasteiger partial charge in [0.25, 0.3) is 5.91 Å². The van der Waals surface area contributed by atoms with Gasteiger partial charge in [-0.05, 0) is 19.0 Å². The van der Waals surface area contributed by atoms with Gasteiger partial charge in [0.05, 0.1) is 17.5 Å². The van der Waals surface area contributed by atoms with Crippen LogP contribution in [0, 0.1) is 5.82 Å². The molecule has 0 aliphatic carbocycles. The molecule has 0 saturated carbocycles. The Morgan fingerprint density at radius 1 is 1.50 bits per heavy atom. The number of halogens is 1. The molecule has 116 valence electrons. The lowest BCUT2D eigenvalue weighted by atomic mass is 10.0. The number of carbonyl (C=O) groups is 1. The summed E-state index contributed by atoms with van der Waals surface area (Å²) in [5.74, 6) is -0.0728. The molecule has 1 aromatic heterocycles. The summed E-state index contributed by atoms with van der Waals surface area (Å²) in [6, 6.07) is 6.85. The number of H-pyrrole nitrogens is 1. The van der Waals surface area contributed by atoms with E-state index in [0.29, 0.717) is 17.7 Å². The van der Waals surface area contributed by atoms with Gasteiger partial charge in [0.15, 0.2) is 0 Å². The molecule has 1 aromatic carbocycles. The van der Waals surface area contributed by atoms with E-state index in [9.17, 15) is 9.18 Å². The normalized spacial score (nSPS) is 18.5. The van der Waals surface area contributed by atoms with Gasteiger partial charge in [0, 0.05) is 31.6 Å².